The number of nitrogens with zero attached hydrogens (tertiary/aromatic N) is 6. The van der Waals surface area contributed by atoms with Gasteiger partial charge in [-0.05, 0) is 42.4 Å². The van der Waals surface area contributed by atoms with Crippen molar-refractivity contribution >= 4 is 22.7 Å². The van der Waals surface area contributed by atoms with E-state index in [0.717, 1.165) is 67.1 Å². The highest BCUT2D eigenvalue weighted by Gasteiger charge is 2.36. The molecule has 0 spiro atoms. The van der Waals surface area contributed by atoms with Crippen LogP contribution in [0.15, 0.2) is 47.1 Å². The summed E-state index contributed by atoms with van der Waals surface area (Å²) in [6.07, 6.45) is 3.68. The number of carbonyl (C=O) groups excluding carboxylic acids is 1. The second-order valence-corrected chi connectivity index (χ2v) is 8.91. The first-order chi connectivity index (χ1) is 15.5. The molecule has 1 aromatic carbocycles. The number of pyridine rings is 1. The van der Waals surface area contributed by atoms with Crippen LogP contribution in [0.3, 0.4) is 0 Å². The van der Waals surface area contributed by atoms with Gasteiger partial charge in [-0.2, -0.15) is 0 Å². The van der Waals surface area contributed by atoms with Crippen LogP contribution in [0.2, 0.25) is 0 Å². The molecule has 5 heterocycles. The number of imidazole rings is 1. The van der Waals surface area contributed by atoms with Crippen LogP contribution < -0.4 is 0 Å². The monoisotopic (exact) mass is 430 g/mol. The molecular formula is C24H26N6O2. The molecule has 164 valence electrons. The molecule has 0 unspecified atom stereocenters. The Morgan fingerprint density at radius 2 is 1.84 bits per heavy atom. The number of fused-ring (bicyclic) bond motifs is 2. The minimum Gasteiger partial charge on any atom is -0.441 e. The first-order valence-corrected chi connectivity index (χ1v) is 11.1. The summed E-state index contributed by atoms with van der Waals surface area (Å²) < 4.78 is 7.49. The van der Waals surface area contributed by atoms with Gasteiger partial charge < -0.3 is 14.2 Å². The summed E-state index contributed by atoms with van der Waals surface area (Å²) in [6.45, 7) is 7.78. The van der Waals surface area contributed by atoms with E-state index in [9.17, 15) is 4.79 Å². The van der Waals surface area contributed by atoms with Crippen molar-refractivity contribution in [3.8, 4) is 11.1 Å². The normalized spacial score (nSPS) is 18.5. The zero-order chi connectivity index (χ0) is 21.8. The average Bonchev–Trinajstić information content (AvgIpc) is 3.35. The van der Waals surface area contributed by atoms with Crippen molar-refractivity contribution in [1.29, 1.82) is 0 Å². The average molecular weight is 431 g/mol. The lowest BCUT2D eigenvalue weighted by Crippen LogP contribution is -2.64. The van der Waals surface area contributed by atoms with Gasteiger partial charge in [0.25, 0.3) is 5.91 Å². The number of aryl methyl sites for hydroxylation is 1. The predicted molar refractivity (Wildman–Crippen MR) is 122 cm³/mol. The Bertz CT molecular complexity index is 1310. The number of rotatable bonds is 3. The van der Waals surface area contributed by atoms with Gasteiger partial charge in [0.15, 0.2) is 11.5 Å². The number of aromatic nitrogens is 3. The Kier molecular flexibility index (Phi) is 4.51. The standard InChI is InChI=1S/C24H26N6O2/c1-16-26-20-11-17(3-5-22(20)32-16)18-4-6-23-25-12-21(30(23)13-18)24(31)29-14-19(15-29)28-9-7-27(2)8-10-28/h3-6,11-13,19H,7-10,14-15H2,1-2H3. The lowest BCUT2D eigenvalue weighted by atomic mass is 10.1. The molecule has 8 heteroatoms. The minimum atomic E-state index is 0.0441. The van der Waals surface area contributed by atoms with Gasteiger partial charge in [0.05, 0.1) is 6.20 Å². The fraction of sp³-hybridized carbons (Fsp3) is 0.375. The summed E-state index contributed by atoms with van der Waals surface area (Å²) >= 11 is 0. The van der Waals surface area contributed by atoms with Gasteiger partial charge in [-0.25, -0.2) is 9.97 Å². The first kappa shape index (κ1) is 19.5. The highest BCUT2D eigenvalue weighted by atomic mass is 16.3. The highest BCUT2D eigenvalue weighted by Crippen LogP contribution is 2.26. The molecule has 2 aliphatic rings. The third-order valence-corrected chi connectivity index (χ3v) is 6.76. The summed E-state index contributed by atoms with van der Waals surface area (Å²) in [4.78, 5) is 28.9. The minimum absolute atomic E-state index is 0.0441. The van der Waals surface area contributed by atoms with E-state index in [4.69, 9.17) is 4.42 Å². The number of carbonyl (C=O) groups is 1. The lowest BCUT2D eigenvalue weighted by molar-refractivity contribution is 0.0106. The van der Waals surface area contributed by atoms with Gasteiger partial charge in [-0.15, -0.1) is 0 Å². The first-order valence-electron chi connectivity index (χ1n) is 11.1. The molecule has 32 heavy (non-hydrogen) atoms. The summed E-state index contributed by atoms with van der Waals surface area (Å²) in [6, 6.07) is 10.4. The smallest absolute Gasteiger partial charge is 0.272 e. The number of likely N-dealkylation sites (N-methyl/N-ethyl adjacent to an activating group) is 1. The number of piperazine rings is 1. The van der Waals surface area contributed by atoms with E-state index in [-0.39, 0.29) is 5.91 Å². The number of hydrogen-bond donors (Lipinski definition) is 0. The summed E-state index contributed by atoms with van der Waals surface area (Å²) in [5, 5.41) is 0. The maximum atomic E-state index is 13.2. The molecule has 0 saturated carbocycles. The predicted octanol–water partition coefficient (Wildman–Crippen LogP) is 2.52. The number of amides is 1. The Labute approximate surface area is 186 Å². The van der Waals surface area contributed by atoms with Crippen molar-refractivity contribution in [2.24, 2.45) is 0 Å². The number of oxazole rings is 1. The number of likely N-dealkylation sites (tertiary alicyclic amines) is 1. The van der Waals surface area contributed by atoms with Crippen molar-refractivity contribution < 1.29 is 9.21 Å². The molecular weight excluding hydrogens is 404 g/mol. The molecule has 2 fully saturated rings. The second-order valence-electron chi connectivity index (χ2n) is 8.91. The second kappa shape index (κ2) is 7.43. The lowest BCUT2D eigenvalue weighted by Gasteiger charge is -2.47. The number of benzene rings is 1. The zero-order valence-corrected chi connectivity index (χ0v) is 18.4. The third kappa shape index (κ3) is 3.27. The maximum Gasteiger partial charge on any atom is 0.272 e. The summed E-state index contributed by atoms with van der Waals surface area (Å²) in [5.41, 5.74) is 5.02. The molecule has 0 bridgehead atoms. The zero-order valence-electron chi connectivity index (χ0n) is 18.4. The van der Waals surface area contributed by atoms with Gasteiger partial charge in [-0.3, -0.25) is 14.1 Å². The molecule has 2 aliphatic heterocycles. The molecule has 4 aromatic rings. The fourth-order valence-electron chi connectivity index (χ4n) is 4.73. The summed E-state index contributed by atoms with van der Waals surface area (Å²) in [7, 11) is 2.16. The van der Waals surface area contributed by atoms with E-state index in [1.165, 1.54) is 0 Å². The maximum absolute atomic E-state index is 13.2. The van der Waals surface area contributed by atoms with Crippen LogP contribution in [0.4, 0.5) is 0 Å². The molecule has 0 aliphatic carbocycles. The number of hydrogen-bond acceptors (Lipinski definition) is 6. The van der Waals surface area contributed by atoms with Gasteiger partial charge in [-0.1, -0.05) is 6.07 Å². The van der Waals surface area contributed by atoms with E-state index in [2.05, 4.69) is 26.8 Å². The van der Waals surface area contributed by atoms with Crippen molar-refractivity contribution in [3.63, 3.8) is 0 Å². The fourth-order valence-corrected chi connectivity index (χ4v) is 4.73. The third-order valence-electron chi connectivity index (χ3n) is 6.76. The molecule has 0 N–H and O–H groups in total. The quantitative estimate of drug-likeness (QED) is 0.498. The topological polar surface area (TPSA) is 70.1 Å². The van der Waals surface area contributed by atoms with Crippen molar-refractivity contribution in [3.05, 3.63) is 54.3 Å². The van der Waals surface area contributed by atoms with Crippen LogP contribution in [-0.2, 0) is 0 Å². The van der Waals surface area contributed by atoms with Gasteiger partial charge in [0.2, 0.25) is 0 Å². The highest BCUT2D eigenvalue weighted by molar-refractivity contribution is 5.94. The SMILES string of the molecule is Cc1nc2cc(-c3ccc4ncc(C(=O)N5CC(N6CCN(C)CC6)C5)n4c3)ccc2o1. The molecule has 6 rings (SSSR count). The Balaban J connectivity index is 1.23. The van der Waals surface area contributed by atoms with Crippen LogP contribution in [0.1, 0.15) is 16.4 Å². The summed E-state index contributed by atoms with van der Waals surface area (Å²) in [5.74, 6) is 0.696. The van der Waals surface area contributed by atoms with E-state index >= 15 is 0 Å². The molecule has 0 atom stereocenters. The van der Waals surface area contributed by atoms with Crippen LogP contribution in [0, 0.1) is 6.92 Å². The van der Waals surface area contributed by atoms with Crippen molar-refractivity contribution in [2.75, 3.05) is 46.3 Å². The van der Waals surface area contributed by atoms with E-state index < -0.39 is 0 Å². The Morgan fingerprint density at radius 1 is 1.06 bits per heavy atom. The van der Waals surface area contributed by atoms with Crippen LogP contribution in [-0.4, -0.2) is 87.3 Å². The van der Waals surface area contributed by atoms with Gasteiger partial charge in [0.1, 0.15) is 16.9 Å². The van der Waals surface area contributed by atoms with Crippen molar-refractivity contribution in [2.45, 2.75) is 13.0 Å². The van der Waals surface area contributed by atoms with Gasteiger partial charge in [0, 0.05) is 58.4 Å². The molecule has 3 aromatic heterocycles. The molecule has 8 nitrogen and oxygen atoms in total. The van der Waals surface area contributed by atoms with E-state index in [0.29, 0.717) is 17.6 Å². The molecule has 1 amide bonds. The molecule has 0 radical (unpaired) electrons. The Hall–Kier alpha value is -3.23. The van der Waals surface area contributed by atoms with Crippen LogP contribution in [0.5, 0.6) is 0 Å². The van der Waals surface area contributed by atoms with Crippen LogP contribution in [0.25, 0.3) is 27.9 Å². The van der Waals surface area contributed by atoms with Gasteiger partial charge >= 0.3 is 0 Å². The Morgan fingerprint density at radius 3 is 2.66 bits per heavy atom. The van der Waals surface area contributed by atoms with E-state index in [1.54, 1.807) is 6.20 Å². The van der Waals surface area contributed by atoms with Crippen LogP contribution >= 0.6 is 0 Å². The largest absolute Gasteiger partial charge is 0.441 e. The molecule has 2 saturated heterocycles. The van der Waals surface area contributed by atoms with E-state index in [1.807, 2.05) is 52.8 Å². The van der Waals surface area contributed by atoms with Crippen molar-refractivity contribution in [1.82, 2.24) is 29.1 Å².